The van der Waals surface area contributed by atoms with Gasteiger partial charge in [0.2, 0.25) is 11.8 Å². The van der Waals surface area contributed by atoms with Crippen LogP contribution in [0.15, 0.2) is 64.3 Å². The number of aromatic nitrogens is 3. The molecule has 2 aromatic carbocycles. The summed E-state index contributed by atoms with van der Waals surface area (Å²) in [6.45, 7) is 2.93. The second-order valence-electron chi connectivity index (χ2n) is 10.4. The van der Waals surface area contributed by atoms with E-state index in [1.807, 2.05) is 43.3 Å². The predicted molar refractivity (Wildman–Crippen MR) is 165 cm³/mol. The Morgan fingerprint density at radius 1 is 1.07 bits per heavy atom. The van der Waals surface area contributed by atoms with Crippen molar-refractivity contribution in [2.45, 2.75) is 25.9 Å². The van der Waals surface area contributed by atoms with Crippen LogP contribution in [0.2, 0.25) is 5.02 Å². The van der Waals surface area contributed by atoms with E-state index in [0.717, 1.165) is 26.8 Å². The minimum absolute atomic E-state index is 0.0330. The number of methoxy groups -OCH3 is 1. The van der Waals surface area contributed by atoms with Crippen molar-refractivity contribution in [2.75, 3.05) is 19.0 Å². The molecule has 0 aliphatic carbocycles. The molecule has 3 heterocycles. The van der Waals surface area contributed by atoms with E-state index in [-0.39, 0.29) is 17.5 Å². The molecule has 0 radical (unpaired) electrons. The van der Waals surface area contributed by atoms with Gasteiger partial charge in [0, 0.05) is 68.2 Å². The molecule has 0 saturated carbocycles. The van der Waals surface area contributed by atoms with Crippen molar-refractivity contribution in [3.05, 3.63) is 97.3 Å². The smallest absolute Gasteiger partial charge is 0.330 e. The lowest BCUT2D eigenvalue weighted by atomic mass is 9.96. The number of hydrogen-bond donors (Lipinski definition) is 3. The maximum atomic E-state index is 13.1. The lowest BCUT2D eigenvalue weighted by Crippen LogP contribution is -2.40. The Morgan fingerprint density at radius 3 is 2.51 bits per heavy atom. The number of aryl methyl sites for hydroxylation is 1. The molecule has 0 spiro atoms. The van der Waals surface area contributed by atoms with Gasteiger partial charge in [-0.2, -0.15) is 0 Å². The fraction of sp³-hybridized carbons (Fsp3) is 0.258. The molecule has 1 atom stereocenters. The molecule has 5 rings (SSSR count). The van der Waals surface area contributed by atoms with Crippen LogP contribution in [0.5, 0.6) is 5.88 Å². The summed E-state index contributed by atoms with van der Waals surface area (Å²) in [4.78, 5) is 53.9. The first kappa shape index (κ1) is 29.7. The highest BCUT2D eigenvalue weighted by Crippen LogP contribution is 2.39. The number of amides is 2. The van der Waals surface area contributed by atoms with Gasteiger partial charge in [0.15, 0.2) is 0 Å². The van der Waals surface area contributed by atoms with E-state index in [0.29, 0.717) is 47.4 Å². The Morgan fingerprint density at radius 2 is 1.79 bits per heavy atom. The molecule has 1 aliphatic heterocycles. The molecular formula is C31H31ClN6O5. The van der Waals surface area contributed by atoms with Gasteiger partial charge >= 0.3 is 5.69 Å². The summed E-state index contributed by atoms with van der Waals surface area (Å²) in [5.41, 5.74) is 3.57. The first-order chi connectivity index (χ1) is 20.6. The highest BCUT2D eigenvalue weighted by Gasteiger charge is 2.22. The van der Waals surface area contributed by atoms with Crippen molar-refractivity contribution in [3.8, 4) is 28.3 Å². The fourth-order valence-corrected chi connectivity index (χ4v) is 5.41. The van der Waals surface area contributed by atoms with E-state index >= 15 is 0 Å². The third-order valence-electron chi connectivity index (χ3n) is 7.53. The molecule has 2 amide bonds. The van der Waals surface area contributed by atoms with Crippen LogP contribution in [-0.2, 0) is 25.4 Å². The molecule has 222 valence electrons. The van der Waals surface area contributed by atoms with Crippen LogP contribution in [0.1, 0.15) is 27.9 Å². The van der Waals surface area contributed by atoms with Crippen LogP contribution in [0, 0.1) is 6.92 Å². The number of nitrogens with zero attached hydrogens (tertiary/aromatic N) is 3. The average Bonchev–Trinajstić information content (AvgIpc) is 3.42. The summed E-state index contributed by atoms with van der Waals surface area (Å²) < 4.78 is 7.66. The number of ether oxygens (including phenoxy) is 1. The Labute approximate surface area is 252 Å². The maximum Gasteiger partial charge on any atom is 0.330 e. The van der Waals surface area contributed by atoms with E-state index in [4.69, 9.17) is 21.3 Å². The summed E-state index contributed by atoms with van der Waals surface area (Å²) in [6.07, 6.45) is 1.67. The Bertz CT molecular complexity index is 1860. The number of carbonyl (C=O) groups is 2. The van der Waals surface area contributed by atoms with E-state index < -0.39 is 17.2 Å². The normalized spacial score (nSPS) is 14.4. The molecule has 1 saturated heterocycles. The van der Waals surface area contributed by atoms with Gasteiger partial charge in [0.1, 0.15) is 5.56 Å². The Kier molecular flexibility index (Phi) is 8.47. The Balaban J connectivity index is 1.43. The Hall–Kier alpha value is -4.74. The number of halogens is 1. The van der Waals surface area contributed by atoms with Gasteiger partial charge < -0.3 is 25.3 Å². The highest BCUT2D eigenvalue weighted by molar-refractivity contribution is 6.36. The lowest BCUT2D eigenvalue weighted by Gasteiger charge is -2.16. The third-order valence-corrected chi connectivity index (χ3v) is 7.94. The topological polar surface area (TPSA) is 136 Å². The van der Waals surface area contributed by atoms with Crippen molar-refractivity contribution in [1.82, 2.24) is 24.8 Å². The average molecular weight is 603 g/mol. The number of hydrogen-bond acceptors (Lipinski definition) is 7. The van der Waals surface area contributed by atoms with Crippen LogP contribution in [-0.4, -0.2) is 45.6 Å². The van der Waals surface area contributed by atoms with Gasteiger partial charge in [0.25, 0.3) is 11.5 Å². The van der Waals surface area contributed by atoms with Crippen LogP contribution < -0.4 is 31.9 Å². The summed E-state index contributed by atoms with van der Waals surface area (Å²) in [5, 5.41) is 9.45. The fourth-order valence-electron chi connectivity index (χ4n) is 5.09. The van der Waals surface area contributed by atoms with Crippen LogP contribution in [0.25, 0.3) is 22.4 Å². The summed E-state index contributed by atoms with van der Waals surface area (Å²) in [7, 11) is 4.36. The summed E-state index contributed by atoms with van der Waals surface area (Å²) in [5.74, 6) is -0.141. The number of carbonyl (C=O) groups excluding carboxylic acids is 2. The van der Waals surface area contributed by atoms with E-state index in [9.17, 15) is 19.2 Å². The minimum atomic E-state index is -0.680. The zero-order valence-electron chi connectivity index (χ0n) is 24.2. The van der Waals surface area contributed by atoms with Crippen LogP contribution >= 0.6 is 11.6 Å². The highest BCUT2D eigenvalue weighted by atomic mass is 35.5. The quantitative estimate of drug-likeness (QED) is 0.282. The molecule has 1 unspecified atom stereocenters. The first-order valence-electron chi connectivity index (χ1n) is 13.6. The lowest BCUT2D eigenvalue weighted by molar-refractivity contribution is -0.119. The van der Waals surface area contributed by atoms with Gasteiger partial charge in [-0.25, -0.2) is 9.78 Å². The van der Waals surface area contributed by atoms with Crippen molar-refractivity contribution >= 4 is 29.1 Å². The van der Waals surface area contributed by atoms with Crippen molar-refractivity contribution < 1.29 is 14.3 Å². The molecule has 3 N–H and O–H groups in total. The van der Waals surface area contributed by atoms with Gasteiger partial charge in [0.05, 0.1) is 17.8 Å². The van der Waals surface area contributed by atoms with Gasteiger partial charge in [-0.3, -0.25) is 19.0 Å². The monoisotopic (exact) mass is 602 g/mol. The van der Waals surface area contributed by atoms with Gasteiger partial charge in [-0.05, 0) is 30.2 Å². The standard InChI is InChI=1S/C31H31ClN6O5/c1-17-20(7-6-10-24(17)35-28(40)23-16-37(2)31(42)38(3)30(23)41)21-8-5-9-22(27(21)32)25-12-11-18(29(36-25)43-4)14-33-19-13-26(39)34-15-19/h5-12,16,19,33H,13-15H2,1-4H3,(H,34,39)(H,35,40). The number of anilines is 1. The van der Waals surface area contributed by atoms with Crippen molar-refractivity contribution in [3.63, 3.8) is 0 Å². The van der Waals surface area contributed by atoms with E-state index in [1.165, 1.54) is 24.9 Å². The second kappa shape index (κ2) is 12.2. The molecule has 0 bridgehead atoms. The van der Waals surface area contributed by atoms with Crippen LogP contribution in [0.4, 0.5) is 5.69 Å². The number of pyridine rings is 1. The molecule has 4 aromatic rings. The van der Waals surface area contributed by atoms with Crippen molar-refractivity contribution in [2.24, 2.45) is 14.1 Å². The minimum Gasteiger partial charge on any atom is -0.481 e. The molecule has 1 aliphatic rings. The van der Waals surface area contributed by atoms with Crippen LogP contribution in [0.3, 0.4) is 0 Å². The summed E-state index contributed by atoms with van der Waals surface area (Å²) in [6, 6.07) is 14.9. The van der Waals surface area contributed by atoms with E-state index in [2.05, 4.69) is 16.0 Å². The molecule has 12 heteroatoms. The largest absolute Gasteiger partial charge is 0.481 e. The molecule has 11 nitrogen and oxygen atoms in total. The predicted octanol–water partition coefficient (Wildman–Crippen LogP) is 3.01. The number of nitrogens with one attached hydrogen (secondary N) is 3. The van der Waals surface area contributed by atoms with Gasteiger partial charge in [-0.1, -0.05) is 48.0 Å². The molecule has 1 fully saturated rings. The zero-order valence-corrected chi connectivity index (χ0v) is 24.9. The number of benzene rings is 2. The van der Waals surface area contributed by atoms with Crippen molar-refractivity contribution in [1.29, 1.82) is 0 Å². The molecule has 2 aromatic heterocycles. The van der Waals surface area contributed by atoms with Gasteiger partial charge in [-0.15, -0.1) is 0 Å². The first-order valence-corrected chi connectivity index (χ1v) is 14.0. The molecular weight excluding hydrogens is 572 g/mol. The zero-order chi connectivity index (χ0) is 30.8. The second-order valence-corrected chi connectivity index (χ2v) is 10.7. The summed E-state index contributed by atoms with van der Waals surface area (Å²) >= 11 is 6.97. The number of rotatable bonds is 8. The SMILES string of the molecule is COc1nc(-c2cccc(-c3cccc(NC(=O)c4cn(C)c(=O)n(C)c4=O)c3C)c2Cl)ccc1CNC1CNC(=O)C1. The van der Waals surface area contributed by atoms with E-state index in [1.54, 1.807) is 19.2 Å². The maximum absolute atomic E-state index is 13.1. The third kappa shape index (κ3) is 5.95. The molecule has 43 heavy (non-hydrogen) atoms.